The molecule has 0 spiro atoms. The fraction of sp³-hybridized carbons (Fsp3) is 0.312. The van der Waals surface area contributed by atoms with Crippen molar-refractivity contribution in [3.63, 3.8) is 0 Å². The Bertz CT molecular complexity index is 748. The number of nitrogens with one attached hydrogen (secondary N) is 1. The lowest BCUT2D eigenvalue weighted by atomic mass is 10.3. The van der Waals surface area contributed by atoms with Crippen LogP contribution in [-0.4, -0.2) is 27.0 Å². The molecule has 0 bridgehead atoms. The van der Waals surface area contributed by atoms with E-state index in [0.717, 1.165) is 25.2 Å². The highest BCUT2D eigenvalue weighted by molar-refractivity contribution is 7.92. The molecular formula is C16H20ClN3O2S. The van der Waals surface area contributed by atoms with E-state index in [2.05, 4.69) is 16.6 Å². The van der Waals surface area contributed by atoms with E-state index in [-0.39, 0.29) is 4.90 Å². The van der Waals surface area contributed by atoms with E-state index in [9.17, 15) is 8.42 Å². The lowest BCUT2D eigenvalue weighted by Gasteiger charge is -2.18. The molecule has 0 amide bonds. The van der Waals surface area contributed by atoms with Crippen LogP contribution in [0.3, 0.4) is 0 Å². The molecule has 1 heterocycles. The second-order valence-corrected chi connectivity index (χ2v) is 7.36. The molecule has 2 aromatic rings. The fourth-order valence-corrected chi connectivity index (χ4v) is 3.37. The summed E-state index contributed by atoms with van der Waals surface area (Å²) >= 11 is 5.84. The van der Waals surface area contributed by atoms with Crippen molar-refractivity contribution in [2.75, 3.05) is 23.2 Å². The molecule has 0 aliphatic heterocycles. The Morgan fingerprint density at radius 1 is 1.26 bits per heavy atom. The zero-order valence-corrected chi connectivity index (χ0v) is 14.7. The van der Waals surface area contributed by atoms with E-state index in [1.165, 1.54) is 18.3 Å². The van der Waals surface area contributed by atoms with Crippen LogP contribution in [0.1, 0.15) is 19.8 Å². The first-order chi connectivity index (χ1) is 10.9. The summed E-state index contributed by atoms with van der Waals surface area (Å²) in [7, 11) is -1.71. The highest BCUT2D eigenvalue weighted by atomic mass is 35.5. The predicted octanol–water partition coefficient (Wildman–Crippen LogP) is 3.77. The monoisotopic (exact) mass is 353 g/mol. The maximum Gasteiger partial charge on any atom is 0.261 e. The molecule has 124 valence electrons. The second-order valence-electron chi connectivity index (χ2n) is 5.24. The highest BCUT2D eigenvalue weighted by Gasteiger charge is 2.14. The van der Waals surface area contributed by atoms with E-state index in [1.54, 1.807) is 24.3 Å². The van der Waals surface area contributed by atoms with Gasteiger partial charge in [0.1, 0.15) is 5.82 Å². The average Bonchev–Trinajstić information content (AvgIpc) is 2.53. The number of aromatic nitrogens is 1. The quantitative estimate of drug-likeness (QED) is 0.823. The van der Waals surface area contributed by atoms with E-state index < -0.39 is 10.0 Å². The van der Waals surface area contributed by atoms with Crippen molar-refractivity contribution in [1.82, 2.24) is 4.98 Å². The third-order valence-corrected chi connectivity index (χ3v) is 4.96. The number of rotatable bonds is 7. The first-order valence-corrected chi connectivity index (χ1v) is 9.24. The zero-order chi connectivity index (χ0) is 16.9. The van der Waals surface area contributed by atoms with Crippen LogP contribution < -0.4 is 9.62 Å². The first-order valence-electron chi connectivity index (χ1n) is 7.38. The summed E-state index contributed by atoms with van der Waals surface area (Å²) in [5.74, 6) is 0.809. The van der Waals surface area contributed by atoms with Gasteiger partial charge >= 0.3 is 0 Å². The Morgan fingerprint density at radius 3 is 2.65 bits per heavy atom. The number of unbranched alkanes of at least 4 members (excludes halogenated alkanes) is 1. The Balaban J connectivity index is 2.11. The number of hydrogen-bond acceptors (Lipinski definition) is 4. The maximum atomic E-state index is 12.3. The summed E-state index contributed by atoms with van der Waals surface area (Å²) in [6, 6.07) is 9.63. The number of benzene rings is 1. The van der Waals surface area contributed by atoms with Gasteiger partial charge in [-0.15, -0.1) is 0 Å². The molecule has 0 atom stereocenters. The van der Waals surface area contributed by atoms with Crippen LogP contribution in [0.25, 0.3) is 0 Å². The molecule has 5 nitrogen and oxygen atoms in total. The van der Waals surface area contributed by atoms with Gasteiger partial charge < -0.3 is 4.90 Å². The molecule has 0 aliphatic rings. The van der Waals surface area contributed by atoms with Gasteiger partial charge in [0, 0.05) is 18.6 Å². The largest absolute Gasteiger partial charge is 0.360 e. The number of sulfonamides is 1. The van der Waals surface area contributed by atoms with Gasteiger partial charge in [0.2, 0.25) is 0 Å². The van der Waals surface area contributed by atoms with Crippen LogP contribution in [0.15, 0.2) is 47.5 Å². The minimum atomic E-state index is -3.67. The van der Waals surface area contributed by atoms with Gasteiger partial charge in [-0.05, 0) is 36.8 Å². The summed E-state index contributed by atoms with van der Waals surface area (Å²) in [5, 5.41) is 0.374. The van der Waals surface area contributed by atoms with Gasteiger partial charge in [0.25, 0.3) is 10.0 Å². The highest BCUT2D eigenvalue weighted by Crippen LogP contribution is 2.20. The van der Waals surface area contributed by atoms with Crippen LogP contribution >= 0.6 is 11.6 Å². The summed E-state index contributed by atoms with van der Waals surface area (Å²) in [6.45, 7) is 3.05. The first kappa shape index (κ1) is 17.6. The molecule has 1 aromatic heterocycles. The number of hydrogen-bond donors (Lipinski definition) is 1. The maximum absolute atomic E-state index is 12.3. The van der Waals surface area contributed by atoms with Crippen molar-refractivity contribution < 1.29 is 8.42 Å². The van der Waals surface area contributed by atoms with Gasteiger partial charge in [-0.2, -0.15) is 0 Å². The van der Waals surface area contributed by atoms with Gasteiger partial charge in [0.05, 0.1) is 16.8 Å². The van der Waals surface area contributed by atoms with Crippen LogP contribution in [0.4, 0.5) is 11.5 Å². The van der Waals surface area contributed by atoms with Gasteiger partial charge in [-0.25, -0.2) is 13.4 Å². The molecule has 2 rings (SSSR count). The minimum Gasteiger partial charge on any atom is -0.360 e. The molecule has 0 saturated heterocycles. The topological polar surface area (TPSA) is 62.3 Å². The number of halogens is 1. The van der Waals surface area contributed by atoms with E-state index >= 15 is 0 Å². The van der Waals surface area contributed by atoms with E-state index in [4.69, 9.17) is 11.6 Å². The SMILES string of the molecule is CCCCN(C)c1ccc(NS(=O)(=O)c2cccc(Cl)c2)cn1. The van der Waals surface area contributed by atoms with Crippen molar-refractivity contribution in [2.24, 2.45) is 0 Å². The molecule has 0 radical (unpaired) electrons. The lowest BCUT2D eigenvalue weighted by Crippen LogP contribution is -2.19. The molecule has 1 aromatic carbocycles. The molecule has 0 fully saturated rings. The average molecular weight is 354 g/mol. The van der Waals surface area contributed by atoms with E-state index in [0.29, 0.717) is 10.7 Å². The third-order valence-electron chi connectivity index (χ3n) is 3.34. The van der Waals surface area contributed by atoms with Crippen molar-refractivity contribution in [2.45, 2.75) is 24.7 Å². The van der Waals surface area contributed by atoms with Crippen molar-refractivity contribution in [3.8, 4) is 0 Å². The van der Waals surface area contributed by atoms with Crippen molar-refractivity contribution in [1.29, 1.82) is 0 Å². The Kier molecular flexibility index (Phi) is 5.85. The normalized spacial score (nSPS) is 11.3. The molecule has 23 heavy (non-hydrogen) atoms. The third kappa shape index (κ3) is 4.84. The Hall–Kier alpha value is -1.79. The minimum absolute atomic E-state index is 0.120. The van der Waals surface area contributed by atoms with Crippen molar-refractivity contribution in [3.05, 3.63) is 47.6 Å². The van der Waals surface area contributed by atoms with Gasteiger partial charge in [-0.1, -0.05) is 31.0 Å². The van der Waals surface area contributed by atoms with Crippen molar-refractivity contribution >= 4 is 33.1 Å². The molecular weight excluding hydrogens is 334 g/mol. The van der Waals surface area contributed by atoms with Gasteiger partial charge in [-0.3, -0.25) is 4.72 Å². The zero-order valence-electron chi connectivity index (χ0n) is 13.2. The van der Waals surface area contributed by atoms with Gasteiger partial charge in [0.15, 0.2) is 0 Å². The van der Waals surface area contributed by atoms with E-state index in [1.807, 2.05) is 11.9 Å². The Labute approximate surface area is 142 Å². The summed E-state index contributed by atoms with van der Waals surface area (Å²) < 4.78 is 27.1. The molecule has 7 heteroatoms. The molecule has 0 saturated carbocycles. The fourth-order valence-electron chi connectivity index (χ4n) is 2.03. The molecule has 0 aliphatic carbocycles. The van der Waals surface area contributed by atoms with Crippen LogP contribution in [0.5, 0.6) is 0 Å². The molecule has 1 N–H and O–H groups in total. The summed E-state index contributed by atoms with van der Waals surface area (Å²) in [5.41, 5.74) is 0.414. The summed E-state index contributed by atoms with van der Waals surface area (Å²) in [6.07, 6.45) is 3.71. The van der Waals surface area contributed by atoms with Crippen LogP contribution in [0.2, 0.25) is 5.02 Å². The lowest BCUT2D eigenvalue weighted by molar-refractivity contribution is 0.601. The standard InChI is InChI=1S/C16H20ClN3O2S/c1-3-4-10-20(2)16-9-8-14(12-18-16)19-23(21,22)15-7-5-6-13(17)11-15/h5-9,11-12,19H,3-4,10H2,1-2H3. The Morgan fingerprint density at radius 2 is 2.04 bits per heavy atom. The van der Waals surface area contributed by atoms with Crippen LogP contribution in [0, 0.1) is 0 Å². The second kappa shape index (κ2) is 7.66. The smallest absolute Gasteiger partial charge is 0.261 e. The molecule has 0 unspecified atom stereocenters. The number of pyridine rings is 1. The summed E-state index contributed by atoms with van der Waals surface area (Å²) in [4.78, 5) is 6.46. The van der Waals surface area contributed by atoms with Crippen LogP contribution in [-0.2, 0) is 10.0 Å². The number of anilines is 2. The predicted molar refractivity (Wildman–Crippen MR) is 94.7 cm³/mol. The number of nitrogens with zero attached hydrogens (tertiary/aromatic N) is 2.